The molecule has 1 heterocycles. The molecule has 1 unspecified atom stereocenters. The Balaban J connectivity index is 0.00000400. The number of halogens is 4. The average Bonchev–Trinajstić information content (AvgIpc) is 2.84. The summed E-state index contributed by atoms with van der Waals surface area (Å²) < 4.78 is 37.3. The van der Waals surface area contributed by atoms with Crippen molar-refractivity contribution in [3.8, 4) is 0 Å². The minimum Gasteiger partial charge on any atom is -0.357 e. The molecule has 0 aromatic carbocycles. The van der Waals surface area contributed by atoms with E-state index in [2.05, 4.69) is 20.6 Å². The monoisotopic (exact) mass is 436 g/mol. The molecule has 0 aliphatic rings. The van der Waals surface area contributed by atoms with Crippen LogP contribution in [0.15, 0.2) is 10.4 Å². The van der Waals surface area contributed by atoms with Crippen LogP contribution in [0.25, 0.3) is 0 Å². The van der Waals surface area contributed by atoms with Crippen LogP contribution in [0, 0.1) is 0 Å². The van der Waals surface area contributed by atoms with Crippen LogP contribution in [-0.2, 0) is 12.7 Å². The van der Waals surface area contributed by atoms with Crippen molar-refractivity contribution in [2.24, 2.45) is 4.99 Å². The lowest BCUT2D eigenvalue weighted by Gasteiger charge is -2.15. The molecule has 0 saturated carbocycles. The van der Waals surface area contributed by atoms with Gasteiger partial charge in [-0.05, 0) is 20.3 Å². The Morgan fingerprint density at radius 1 is 1.43 bits per heavy atom. The van der Waals surface area contributed by atoms with Crippen LogP contribution in [0.1, 0.15) is 37.9 Å². The first kappa shape index (κ1) is 20.4. The minimum absolute atomic E-state index is 0. The van der Waals surface area contributed by atoms with Gasteiger partial charge in [0.1, 0.15) is 5.01 Å². The third-order valence-corrected chi connectivity index (χ3v) is 3.39. The maximum atomic E-state index is 12.4. The van der Waals surface area contributed by atoms with Crippen LogP contribution in [0.3, 0.4) is 0 Å². The Morgan fingerprint density at radius 2 is 2.10 bits per heavy atom. The van der Waals surface area contributed by atoms with Crippen molar-refractivity contribution >= 4 is 41.3 Å². The summed E-state index contributed by atoms with van der Waals surface area (Å²) in [5, 5.41) is 7.58. The van der Waals surface area contributed by atoms with Crippen molar-refractivity contribution in [3.05, 3.63) is 16.1 Å². The third-order valence-electron chi connectivity index (χ3n) is 2.55. The van der Waals surface area contributed by atoms with Gasteiger partial charge in [0.25, 0.3) is 0 Å². The van der Waals surface area contributed by atoms with Crippen LogP contribution in [0.5, 0.6) is 0 Å². The number of alkyl halides is 3. The highest BCUT2D eigenvalue weighted by atomic mass is 127. The van der Waals surface area contributed by atoms with Crippen molar-refractivity contribution < 1.29 is 13.2 Å². The highest BCUT2D eigenvalue weighted by Crippen LogP contribution is 2.30. The molecular formula is C12H20F3IN4S. The van der Waals surface area contributed by atoms with Gasteiger partial charge in [-0.15, -0.1) is 35.3 Å². The predicted octanol–water partition coefficient (Wildman–Crippen LogP) is 3.63. The van der Waals surface area contributed by atoms with E-state index in [-0.39, 0.29) is 36.6 Å². The van der Waals surface area contributed by atoms with Crippen molar-refractivity contribution in [2.75, 3.05) is 6.54 Å². The second-order valence-electron chi connectivity index (χ2n) is 4.27. The summed E-state index contributed by atoms with van der Waals surface area (Å²) in [5.74, 6) is 0.589. The van der Waals surface area contributed by atoms with Crippen molar-refractivity contribution in [2.45, 2.75) is 46.0 Å². The molecule has 1 aromatic rings. The summed E-state index contributed by atoms with van der Waals surface area (Å²) in [4.78, 5) is 7.79. The Bertz CT molecular complexity index is 448. The molecule has 0 amide bonds. The highest BCUT2D eigenvalue weighted by Gasteiger charge is 2.33. The quantitative estimate of drug-likeness (QED) is 0.421. The fourth-order valence-corrected chi connectivity index (χ4v) is 2.04. The number of thiazole rings is 1. The maximum absolute atomic E-state index is 12.4. The largest absolute Gasteiger partial charge is 0.434 e. The fraction of sp³-hybridized carbons (Fsp3) is 0.667. The smallest absolute Gasteiger partial charge is 0.357 e. The number of guanidine groups is 1. The zero-order chi connectivity index (χ0) is 15.2. The molecular weight excluding hydrogens is 416 g/mol. The number of hydrogen-bond acceptors (Lipinski definition) is 3. The van der Waals surface area contributed by atoms with E-state index in [0.717, 1.165) is 23.1 Å². The first-order valence-corrected chi connectivity index (χ1v) is 7.31. The van der Waals surface area contributed by atoms with Crippen LogP contribution >= 0.6 is 35.3 Å². The second-order valence-corrected chi connectivity index (χ2v) is 5.22. The molecule has 1 rings (SSSR count). The molecule has 122 valence electrons. The van der Waals surface area contributed by atoms with E-state index in [1.54, 1.807) is 0 Å². The Labute approximate surface area is 143 Å². The first-order chi connectivity index (χ1) is 9.36. The number of hydrogen-bond donors (Lipinski definition) is 2. The maximum Gasteiger partial charge on any atom is 0.434 e. The Morgan fingerprint density at radius 3 is 2.57 bits per heavy atom. The van der Waals surface area contributed by atoms with Crippen LogP contribution in [0.4, 0.5) is 13.2 Å². The molecule has 9 heteroatoms. The number of nitrogens with one attached hydrogen (secondary N) is 2. The fourth-order valence-electron chi connectivity index (χ4n) is 1.32. The van der Waals surface area contributed by atoms with E-state index in [1.165, 1.54) is 0 Å². The normalized spacial score (nSPS) is 13.5. The lowest BCUT2D eigenvalue weighted by atomic mass is 10.3. The Hall–Kier alpha value is -0.580. The van der Waals surface area contributed by atoms with E-state index < -0.39 is 11.9 Å². The number of aliphatic imine (C=N–C) groups is 1. The highest BCUT2D eigenvalue weighted by molar-refractivity contribution is 14.0. The lowest BCUT2D eigenvalue weighted by Crippen LogP contribution is -2.41. The van der Waals surface area contributed by atoms with Gasteiger partial charge in [0.05, 0.1) is 6.54 Å². The van der Waals surface area contributed by atoms with Crippen molar-refractivity contribution in [1.82, 2.24) is 15.6 Å². The van der Waals surface area contributed by atoms with Gasteiger partial charge in [0, 0.05) is 18.0 Å². The van der Waals surface area contributed by atoms with Crippen molar-refractivity contribution in [3.63, 3.8) is 0 Å². The molecule has 0 spiro atoms. The first-order valence-electron chi connectivity index (χ1n) is 6.43. The van der Waals surface area contributed by atoms with E-state index in [0.29, 0.717) is 17.5 Å². The van der Waals surface area contributed by atoms with E-state index in [1.807, 2.05) is 20.8 Å². The predicted molar refractivity (Wildman–Crippen MR) is 90.2 cm³/mol. The summed E-state index contributed by atoms with van der Waals surface area (Å²) in [7, 11) is 0. The zero-order valence-electron chi connectivity index (χ0n) is 12.1. The van der Waals surface area contributed by atoms with Crippen LogP contribution in [0.2, 0.25) is 0 Å². The van der Waals surface area contributed by atoms with E-state index in [9.17, 15) is 13.2 Å². The van der Waals surface area contributed by atoms with Gasteiger partial charge in [-0.2, -0.15) is 13.2 Å². The number of rotatable bonds is 5. The minimum atomic E-state index is -4.39. The summed E-state index contributed by atoms with van der Waals surface area (Å²) in [6.07, 6.45) is -3.46. The molecule has 0 aliphatic heterocycles. The molecule has 0 saturated heterocycles. The van der Waals surface area contributed by atoms with Crippen LogP contribution < -0.4 is 10.6 Å². The summed E-state index contributed by atoms with van der Waals surface area (Å²) in [6, 6.07) is 0.245. The van der Waals surface area contributed by atoms with E-state index in [4.69, 9.17) is 0 Å². The number of aromatic nitrogens is 1. The van der Waals surface area contributed by atoms with Gasteiger partial charge in [0.15, 0.2) is 11.7 Å². The van der Waals surface area contributed by atoms with Gasteiger partial charge >= 0.3 is 6.18 Å². The molecule has 0 fully saturated rings. The topological polar surface area (TPSA) is 49.3 Å². The van der Waals surface area contributed by atoms with E-state index >= 15 is 0 Å². The van der Waals surface area contributed by atoms with Gasteiger partial charge in [-0.1, -0.05) is 6.92 Å². The molecule has 0 bridgehead atoms. The number of nitrogens with zero attached hydrogens (tertiary/aromatic N) is 2. The third kappa shape index (κ3) is 7.30. The van der Waals surface area contributed by atoms with Crippen molar-refractivity contribution in [1.29, 1.82) is 0 Å². The molecule has 2 N–H and O–H groups in total. The van der Waals surface area contributed by atoms with Gasteiger partial charge < -0.3 is 10.6 Å². The molecule has 1 aromatic heterocycles. The van der Waals surface area contributed by atoms with Crippen LogP contribution in [-0.4, -0.2) is 23.5 Å². The molecule has 4 nitrogen and oxygen atoms in total. The SMILES string of the molecule is CCNC(=NCc1nc(C(F)(F)F)cs1)NC(C)CC.I. The molecule has 0 radical (unpaired) electrons. The zero-order valence-corrected chi connectivity index (χ0v) is 15.3. The summed E-state index contributed by atoms with van der Waals surface area (Å²) >= 11 is 0.967. The lowest BCUT2D eigenvalue weighted by molar-refractivity contribution is -0.140. The second kappa shape index (κ2) is 9.44. The Kier molecular flexibility index (Phi) is 9.18. The van der Waals surface area contributed by atoms with Gasteiger partial charge in [-0.3, -0.25) is 0 Å². The summed E-state index contributed by atoms with van der Waals surface area (Å²) in [6.45, 7) is 6.80. The average molecular weight is 436 g/mol. The standard InChI is InChI=1S/C12H19F3N4S.HI/c1-4-8(3)18-11(16-5-2)17-6-10-19-9(7-20-10)12(13,14)15;/h7-8H,4-6H2,1-3H3,(H2,16,17,18);1H. The molecule has 1 atom stereocenters. The van der Waals surface area contributed by atoms with Gasteiger partial charge in [0.2, 0.25) is 0 Å². The van der Waals surface area contributed by atoms with Gasteiger partial charge in [-0.25, -0.2) is 9.98 Å². The molecule has 0 aliphatic carbocycles. The summed E-state index contributed by atoms with van der Waals surface area (Å²) in [5.41, 5.74) is -0.854. The molecule has 21 heavy (non-hydrogen) atoms.